The molecule has 0 radical (unpaired) electrons. The third-order valence-electron chi connectivity index (χ3n) is 1.73. The summed E-state index contributed by atoms with van der Waals surface area (Å²) >= 11 is 0. The number of rotatable bonds is 9. The Morgan fingerprint density at radius 1 is 0.944 bits per heavy atom. The van der Waals surface area contributed by atoms with E-state index in [2.05, 4.69) is 29.7 Å². The molecular formula is C13H16N2O3. The zero-order valence-electron chi connectivity index (χ0n) is 10.2. The summed E-state index contributed by atoms with van der Waals surface area (Å²) in [5, 5.41) is 0. The monoisotopic (exact) mass is 248 g/mol. The lowest BCUT2D eigenvalue weighted by Crippen LogP contribution is -2.05. The zero-order valence-corrected chi connectivity index (χ0v) is 10.2. The fraction of sp³-hybridized carbons (Fsp3) is 0.231. The van der Waals surface area contributed by atoms with Crippen LogP contribution in [-0.4, -0.2) is 29.8 Å². The Balaban J connectivity index is 2.83. The second-order valence-electron chi connectivity index (χ2n) is 3.12. The van der Waals surface area contributed by atoms with Gasteiger partial charge in [0.15, 0.2) is 0 Å². The molecule has 96 valence electrons. The van der Waals surface area contributed by atoms with Crippen LogP contribution in [0.15, 0.2) is 44.2 Å². The number of nitrogens with zero attached hydrogens (tertiary/aromatic N) is 2. The van der Waals surface area contributed by atoms with Crippen molar-refractivity contribution in [3.63, 3.8) is 0 Å². The average molecular weight is 248 g/mol. The van der Waals surface area contributed by atoms with Crippen LogP contribution < -0.4 is 14.2 Å². The summed E-state index contributed by atoms with van der Waals surface area (Å²) in [6.07, 6.45) is 6.34. The minimum absolute atomic E-state index is 0.208. The van der Waals surface area contributed by atoms with E-state index in [1.165, 1.54) is 6.20 Å². The van der Waals surface area contributed by atoms with Crippen molar-refractivity contribution < 1.29 is 14.2 Å². The van der Waals surface area contributed by atoms with Gasteiger partial charge < -0.3 is 14.2 Å². The van der Waals surface area contributed by atoms with Gasteiger partial charge in [-0.2, -0.15) is 9.97 Å². The van der Waals surface area contributed by atoms with Gasteiger partial charge in [0.05, 0.1) is 6.20 Å². The average Bonchev–Trinajstić information content (AvgIpc) is 2.41. The van der Waals surface area contributed by atoms with Crippen molar-refractivity contribution in [3.8, 4) is 17.6 Å². The van der Waals surface area contributed by atoms with E-state index in [0.29, 0.717) is 31.5 Å². The molecule has 1 heterocycles. The molecule has 0 bridgehead atoms. The molecular weight excluding hydrogens is 232 g/mol. The summed E-state index contributed by atoms with van der Waals surface area (Å²) in [7, 11) is 0. The summed E-state index contributed by atoms with van der Waals surface area (Å²) < 4.78 is 15.9. The lowest BCUT2D eigenvalue weighted by Gasteiger charge is -2.10. The molecule has 0 spiro atoms. The highest BCUT2D eigenvalue weighted by atomic mass is 16.5. The van der Waals surface area contributed by atoms with E-state index in [0.717, 1.165) is 0 Å². The lowest BCUT2D eigenvalue weighted by molar-refractivity contribution is 0.278. The third-order valence-corrected chi connectivity index (χ3v) is 1.73. The van der Waals surface area contributed by atoms with Crippen LogP contribution in [0.2, 0.25) is 0 Å². The maximum atomic E-state index is 5.37. The molecule has 0 unspecified atom stereocenters. The number of hydrogen-bond acceptors (Lipinski definition) is 5. The Morgan fingerprint density at radius 3 is 2.22 bits per heavy atom. The summed E-state index contributed by atoms with van der Waals surface area (Å²) in [4.78, 5) is 8.08. The van der Waals surface area contributed by atoms with Gasteiger partial charge >= 0.3 is 6.01 Å². The smallest absolute Gasteiger partial charge is 0.320 e. The molecule has 18 heavy (non-hydrogen) atoms. The van der Waals surface area contributed by atoms with Gasteiger partial charge in [0, 0.05) is 0 Å². The molecule has 1 aromatic rings. The first-order valence-electron chi connectivity index (χ1n) is 5.40. The minimum Gasteiger partial charge on any atom is -0.483 e. The highest BCUT2D eigenvalue weighted by molar-refractivity contribution is 5.32. The minimum atomic E-state index is 0.208. The van der Waals surface area contributed by atoms with Crippen LogP contribution in [0.3, 0.4) is 0 Å². The van der Waals surface area contributed by atoms with Crippen molar-refractivity contribution in [2.75, 3.05) is 19.8 Å². The van der Waals surface area contributed by atoms with Crippen LogP contribution in [0.4, 0.5) is 0 Å². The lowest BCUT2D eigenvalue weighted by atomic mass is 10.5. The van der Waals surface area contributed by atoms with Crippen molar-refractivity contribution in [1.82, 2.24) is 9.97 Å². The number of hydrogen-bond donors (Lipinski definition) is 0. The first-order chi connectivity index (χ1) is 8.81. The van der Waals surface area contributed by atoms with Crippen molar-refractivity contribution in [1.29, 1.82) is 0 Å². The van der Waals surface area contributed by atoms with Gasteiger partial charge in [-0.1, -0.05) is 38.0 Å². The molecule has 0 aliphatic heterocycles. The largest absolute Gasteiger partial charge is 0.483 e. The molecule has 0 saturated carbocycles. The van der Waals surface area contributed by atoms with E-state index in [9.17, 15) is 0 Å². The van der Waals surface area contributed by atoms with Crippen molar-refractivity contribution >= 4 is 0 Å². The second kappa shape index (κ2) is 7.89. The van der Waals surface area contributed by atoms with Crippen molar-refractivity contribution in [2.24, 2.45) is 0 Å². The van der Waals surface area contributed by atoms with E-state index in [4.69, 9.17) is 14.2 Å². The third kappa shape index (κ3) is 4.29. The highest BCUT2D eigenvalue weighted by Gasteiger charge is 2.10. The topological polar surface area (TPSA) is 53.5 Å². The van der Waals surface area contributed by atoms with Crippen LogP contribution in [0, 0.1) is 0 Å². The van der Waals surface area contributed by atoms with E-state index in [-0.39, 0.29) is 6.01 Å². The molecule has 1 rings (SSSR count). The highest BCUT2D eigenvalue weighted by Crippen LogP contribution is 2.25. The van der Waals surface area contributed by atoms with Crippen LogP contribution in [0.1, 0.15) is 0 Å². The molecule has 0 aliphatic carbocycles. The molecule has 5 heteroatoms. The van der Waals surface area contributed by atoms with Gasteiger partial charge in [0.25, 0.3) is 5.88 Å². The maximum Gasteiger partial charge on any atom is 0.320 e. The number of aromatic nitrogens is 2. The van der Waals surface area contributed by atoms with Crippen LogP contribution in [0.25, 0.3) is 0 Å². The van der Waals surface area contributed by atoms with Crippen molar-refractivity contribution in [3.05, 3.63) is 44.2 Å². The SMILES string of the molecule is C=CCOc1ncc(OCC=C)c(OCC=C)n1. The van der Waals surface area contributed by atoms with Crippen LogP contribution in [-0.2, 0) is 0 Å². The molecule has 0 aliphatic rings. The van der Waals surface area contributed by atoms with E-state index in [1.807, 2.05) is 0 Å². The van der Waals surface area contributed by atoms with Gasteiger partial charge in [-0.05, 0) is 0 Å². The first-order valence-corrected chi connectivity index (χ1v) is 5.40. The van der Waals surface area contributed by atoms with Crippen LogP contribution in [0.5, 0.6) is 17.6 Å². The summed E-state index contributed by atoms with van der Waals surface area (Å²) in [5.41, 5.74) is 0. The van der Waals surface area contributed by atoms with Gasteiger partial charge in [-0.3, -0.25) is 0 Å². The van der Waals surface area contributed by atoms with Crippen LogP contribution >= 0.6 is 0 Å². The Labute approximate surface area is 106 Å². The Bertz CT molecular complexity index is 419. The standard InChI is InChI=1S/C13H16N2O3/c1-4-7-16-11-10-14-13(18-9-6-3)15-12(11)17-8-5-2/h4-6,10H,1-3,7-9H2. The fourth-order valence-electron chi connectivity index (χ4n) is 1.03. The summed E-state index contributed by atoms with van der Waals surface area (Å²) in [6.45, 7) is 11.7. The Hall–Kier alpha value is -2.30. The number of ether oxygens (including phenoxy) is 3. The van der Waals surface area contributed by atoms with E-state index in [1.54, 1.807) is 18.2 Å². The van der Waals surface area contributed by atoms with Gasteiger partial charge in [0.2, 0.25) is 5.75 Å². The normalized spacial score (nSPS) is 9.33. The predicted octanol–water partition coefficient (Wildman–Crippen LogP) is 2.17. The second-order valence-corrected chi connectivity index (χ2v) is 3.12. The maximum absolute atomic E-state index is 5.37. The summed E-state index contributed by atoms with van der Waals surface area (Å²) in [6, 6.07) is 0.208. The molecule has 0 N–H and O–H groups in total. The Morgan fingerprint density at radius 2 is 1.56 bits per heavy atom. The first kappa shape index (κ1) is 13.8. The van der Waals surface area contributed by atoms with Gasteiger partial charge in [-0.25, -0.2) is 0 Å². The molecule has 0 aromatic carbocycles. The molecule has 1 aromatic heterocycles. The Kier molecular flexibility index (Phi) is 6.03. The molecule has 0 fully saturated rings. The quantitative estimate of drug-likeness (QED) is 0.627. The molecule has 0 amide bonds. The molecule has 0 atom stereocenters. The van der Waals surface area contributed by atoms with Gasteiger partial charge in [0.1, 0.15) is 19.8 Å². The van der Waals surface area contributed by atoms with Gasteiger partial charge in [-0.15, -0.1) is 0 Å². The van der Waals surface area contributed by atoms with E-state index < -0.39 is 0 Å². The van der Waals surface area contributed by atoms with Crippen molar-refractivity contribution in [2.45, 2.75) is 0 Å². The van der Waals surface area contributed by atoms with E-state index >= 15 is 0 Å². The fourth-order valence-corrected chi connectivity index (χ4v) is 1.03. The molecule has 5 nitrogen and oxygen atoms in total. The zero-order chi connectivity index (χ0) is 13.2. The molecule has 0 saturated heterocycles. The predicted molar refractivity (Wildman–Crippen MR) is 69.1 cm³/mol. The summed E-state index contributed by atoms with van der Waals surface area (Å²) in [5.74, 6) is 0.744.